The Morgan fingerprint density at radius 2 is 2.19 bits per heavy atom. The molecular weight excluding hydrogens is 282 g/mol. The molecule has 108 valence electrons. The van der Waals surface area contributed by atoms with Gasteiger partial charge in [0.1, 0.15) is 21.9 Å². The van der Waals surface area contributed by atoms with Crippen molar-refractivity contribution in [2.24, 2.45) is 0 Å². The fourth-order valence-electron chi connectivity index (χ4n) is 2.65. The van der Waals surface area contributed by atoms with Crippen LogP contribution in [0, 0.1) is 11.3 Å². The molecule has 3 rings (SSSR count). The van der Waals surface area contributed by atoms with Crippen molar-refractivity contribution >= 4 is 17.2 Å². The van der Waals surface area contributed by atoms with Crippen LogP contribution >= 0.6 is 11.3 Å². The van der Waals surface area contributed by atoms with E-state index in [9.17, 15) is 5.26 Å². The van der Waals surface area contributed by atoms with Gasteiger partial charge in [0.05, 0.1) is 5.56 Å². The highest BCUT2D eigenvalue weighted by Gasteiger charge is 2.25. The molecule has 0 N–H and O–H groups in total. The van der Waals surface area contributed by atoms with Crippen molar-refractivity contribution in [3.8, 4) is 6.07 Å². The Bertz CT molecular complexity index is 652. The number of nitriles is 1. The normalized spacial score (nSPS) is 15.9. The number of pyridine rings is 1. The Hall–Kier alpha value is -2.00. The van der Waals surface area contributed by atoms with Crippen LogP contribution in [0.15, 0.2) is 18.3 Å². The van der Waals surface area contributed by atoms with Gasteiger partial charge in [0.15, 0.2) is 0 Å². The maximum Gasteiger partial charge on any atom is 0.146 e. The molecule has 0 aromatic carbocycles. The maximum atomic E-state index is 9.18. The molecule has 1 aliphatic heterocycles. The van der Waals surface area contributed by atoms with Crippen LogP contribution < -0.4 is 4.90 Å². The quantitative estimate of drug-likeness (QED) is 0.872. The molecule has 3 heterocycles. The lowest BCUT2D eigenvalue weighted by atomic mass is 9.97. The number of nitrogens with zero attached hydrogens (tertiary/aromatic N) is 5. The summed E-state index contributed by atoms with van der Waals surface area (Å²) in [5, 5.41) is 20.0. The van der Waals surface area contributed by atoms with E-state index in [1.165, 1.54) is 0 Å². The van der Waals surface area contributed by atoms with E-state index in [2.05, 4.69) is 33.1 Å². The summed E-state index contributed by atoms with van der Waals surface area (Å²) in [5.41, 5.74) is 0.653. The molecule has 2 aromatic rings. The minimum absolute atomic E-state index is 0.494. The molecular formula is C15H17N5S. The SMILES string of the molecule is CCc1nnc(C2CCN(c3ncccc3C#N)CC2)s1. The summed E-state index contributed by atoms with van der Waals surface area (Å²) in [6, 6.07) is 5.86. The molecule has 1 aliphatic rings. The van der Waals surface area contributed by atoms with Crippen molar-refractivity contribution in [1.29, 1.82) is 5.26 Å². The smallest absolute Gasteiger partial charge is 0.146 e. The van der Waals surface area contributed by atoms with Crippen molar-refractivity contribution in [2.45, 2.75) is 32.1 Å². The van der Waals surface area contributed by atoms with E-state index >= 15 is 0 Å². The van der Waals surface area contributed by atoms with E-state index < -0.39 is 0 Å². The molecule has 0 radical (unpaired) electrons. The highest BCUT2D eigenvalue weighted by molar-refractivity contribution is 7.11. The van der Waals surface area contributed by atoms with E-state index in [4.69, 9.17) is 0 Å². The Kier molecular flexibility index (Phi) is 4.11. The molecule has 1 fully saturated rings. The molecule has 6 heteroatoms. The summed E-state index contributed by atoms with van der Waals surface area (Å²) in [4.78, 5) is 6.57. The first kappa shape index (κ1) is 14.0. The number of aryl methyl sites for hydroxylation is 1. The molecule has 0 aliphatic carbocycles. The van der Waals surface area contributed by atoms with Crippen molar-refractivity contribution < 1.29 is 0 Å². The number of aromatic nitrogens is 3. The minimum Gasteiger partial charge on any atom is -0.355 e. The van der Waals surface area contributed by atoms with Crippen LogP contribution in [0.25, 0.3) is 0 Å². The summed E-state index contributed by atoms with van der Waals surface area (Å²) >= 11 is 1.74. The van der Waals surface area contributed by atoms with Gasteiger partial charge in [-0.05, 0) is 31.4 Å². The highest BCUT2D eigenvalue weighted by atomic mass is 32.1. The van der Waals surface area contributed by atoms with Gasteiger partial charge in [-0.1, -0.05) is 6.92 Å². The summed E-state index contributed by atoms with van der Waals surface area (Å²) in [5.74, 6) is 1.30. The predicted octanol–water partition coefficient (Wildman–Crippen LogP) is 2.75. The lowest BCUT2D eigenvalue weighted by Gasteiger charge is -2.32. The second kappa shape index (κ2) is 6.19. The van der Waals surface area contributed by atoms with Crippen LogP contribution in [0.1, 0.15) is 41.3 Å². The molecule has 1 saturated heterocycles. The highest BCUT2D eigenvalue weighted by Crippen LogP contribution is 2.32. The molecule has 21 heavy (non-hydrogen) atoms. The van der Waals surface area contributed by atoms with Gasteiger partial charge >= 0.3 is 0 Å². The third-order valence-electron chi connectivity index (χ3n) is 3.84. The van der Waals surface area contributed by atoms with Crippen LogP contribution in [-0.2, 0) is 6.42 Å². The van der Waals surface area contributed by atoms with Crippen LogP contribution in [0.2, 0.25) is 0 Å². The van der Waals surface area contributed by atoms with E-state index in [1.54, 1.807) is 17.5 Å². The second-order valence-corrected chi connectivity index (χ2v) is 6.23. The third-order valence-corrected chi connectivity index (χ3v) is 5.07. The number of anilines is 1. The molecule has 0 bridgehead atoms. The van der Waals surface area contributed by atoms with E-state index in [-0.39, 0.29) is 0 Å². The zero-order valence-electron chi connectivity index (χ0n) is 12.0. The van der Waals surface area contributed by atoms with Crippen molar-refractivity contribution in [2.75, 3.05) is 18.0 Å². The Balaban J connectivity index is 1.69. The monoisotopic (exact) mass is 299 g/mol. The second-order valence-electron chi connectivity index (χ2n) is 5.14. The maximum absolute atomic E-state index is 9.18. The van der Waals surface area contributed by atoms with Gasteiger partial charge in [0.25, 0.3) is 0 Å². The van der Waals surface area contributed by atoms with Crippen molar-refractivity contribution in [3.63, 3.8) is 0 Å². The summed E-state index contributed by atoms with van der Waals surface area (Å²) in [7, 11) is 0. The molecule has 5 nitrogen and oxygen atoms in total. The zero-order chi connectivity index (χ0) is 14.7. The van der Waals surface area contributed by atoms with Gasteiger partial charge in [-0.3, -0.25) is 0 Å². The topological polar surface area (TPSA) is 65.7 Å². The van der Waals surface area contributed by atoms with Gasteiger partial charge in [-0.15, -0.1) is 21.5 Å². The summed E-state index contributed by atoms with van der Waals surface area (Å²) in [6.07, 6.45) is 4.79. The van der Waals surface area contributed by atoms with Gasteiger partial charge in [-0.25, -0.2) is 4.98 Å². The first-order valence-corrected chi connectivity index (χ1v) is 8.05. The standard InChI is InChI=1S/C15H17N5S/c1-2-13-18-19-15(21-13)11-5-8-20(9-6-11)14-12(10-16)4-3-7-17-14/h3-4,7,11H,2,5-6,8-9H2,1H3. The van der Waals surface area contributed by atoms with Crippen LogP contribution in [0.5, 0.6) is 0 Å². The van der Waals surface area contributed by atoms with E-state index in [1.807, 2.05) is 12.1 Å². The van der Waals surface area contributed by atoms with Gasteiger partial charge in [-0.2, -0.15) is 5.26 Å². The lowest BCUT2D eigenvalue weighted by molar-refractivity contribution is 0.498. The number of rotatable bonds is 3. The average molecular weight is 299 g/mol. The van der Waals surface area contributed by atoms with Crippen LogP contribution in [-0.4, -0.2) is 28.3 Å². The fourth-order valence-corrected chi connectivity index (χ4v) is 3.60. The molecule has 0 saturated carbocycles. The van der Waals surface area contributed by atoms with Gasteiger partial charge in [0, 0.05) is 25.2 Å². The van der Waals surface area contributed by atoms with E-state index in [0.29, 0.717) is 11.5 Å². The largest absolute Gasteiger partial charge is 0.355 e. The summed E-state index contributed by atoms with van der Waals surface area (Å²) < 4.78 is 0. The van der Waals surface area contributed by atoms with Crippen molar-refractivity contribution in [3.05, 3.63) is 33.9 Å². The first-order valence-electron chi connectivity index (χ1n) is 7.24. The first-order chi connectivity index (χ1) is 10.3. The van der Waals surface area contributed by atoms with Crippen LogP contribution in [0.4, 0.5) is 5.82 Å². The number of piperidine rings is 1. The van der Waals surface area contributed by atoms with E-state index in [0.717, 1.165) is 48.2 Å². The Labute approximate surface area is 128 Å². The zero-order valence-corrected chi connectivity index (χ0v) is 12.8. The molecule has 0 unspecified atom stereocenters. The Morgan fingerprint density at radius 1 is 1.38 bits per heavy atom. The predicted molar refractivity (Wildman–Crippen MR) is 82.4 cm³/mol. The molecule has 0 atom stereocenters. The minimum atomic E-state index is 0.494. The van der Waals surface area contributed by atoms with Crippen molar-refractivity contribution in [1.82, 2.24) is 15.2 Å². The van der Waals surface area contributed by atoms with Gasteiger partial charge < -0.3 is 4.90 Å². The number of hydrogen-bond donors (Lipinski definition) is 0. The number of hydrogen-bond acceptors (Lipinski definition) is 6. The molecule has 2 aromatic heterocycles. The fraction of sp³-hybridized carbons (Fsp3) is 0.467. The summed E-state index contributed by atoms with van der Waals surface area (Å²) in [6.45, 7) is 3.94. The average Bonchev–Trinajstić information content (AvgIpc) is 3.04. The molecule has 0 spiro atoms. The van der Waals surface area contributed by atoms with Gasteiger partial charge in [0.2, 0.25) is 0 Å². The lowest BCUT2D eigenvalue weighted by Crippen LogP contribution is -2.34. The molecule has 0 amide bonds. The Morgan fingerprint density at radius 3 is 2.86 bits per heavy atom. The van der Waals surface area contributed by atoms with Crippen LogP contribution in [0.3, 0.4) is 0 Å². The third kappa shape index (κ3) is 2.88.